The first-order chi connectivity index (χ1) is 14.6. The molecule has 168 valence electrons. The Morgan fingerprint density at radius 3 is 2.35 bits per heavy atom. The Morgan fingerprint density at radius 2 is 1.74 bits per heavy atom. The highest BCUT2D eigenvalue weighted by Crippen LogP contribution is 2.22. The molecule has 1 saturated heterocycles. The monoisotopic (exact) mass is 465 g/mol. The molecule has 0 aliphatic carbocycles. The number of amides is 2. The van der Waals surface area contributed by atoms with Gasteiger partial charge < -0.3 is 0 Å². The van der Waals surface area contributed by atoms with Gasteiger partial charge >= 0.3 is 0 Å². The summed E-state index contributed by atoms with van der Waals surface area (Å²) in [4.78, 5) is 30.4. The highest BCUT2D eigenvalue weighted by atomic mass is 32.2. The first-order valence-electron chi connectivity index (χ1n) is 9.93. The number of hydrogen-bond donors (Lipinski definition) is 2. The molecule has 9 nitrogen and oxygen atoms in total. The summed E-state index contributed by atoms with van der Waals surface area (Å²) < 4.78 is 27.4. The van der Waals surface area contributed by atoms with Crippen LogP contribution in [0.3, 0.4) is 0 Å². The van der Waals surface area contributed by atoms with E-state index in [1.54, 1.807) is 19.1 Å². The summed E-state index contributed by atoms with van der Waals surface area (Å²) in [5, 5.41) is 2.55. The molecule has 3 rings (SSSR count). The summed E-state index contributed by atoms with van der Waals surface area (Å²) in [6.45, 7) is 7.13. The van der Waals surface area contributed by atoms with Gasteiger partial charge in [0.2, 0.25) is 15.9 Å². The van der Waals surface area contributed by atoms with Gasteiger partial charge in [-0.05, 0) is 32.4 Å². The minimum absolute atomic E-state index is 0.0775. The number of nitrogens with zero attached hydrogens (tertiary/aromatic N) is 3. The van der Waals surface area contributed by atoms with E-state index in [2.05, 4.69) is 15.8 Å². The molecule has 1 aliphatic heterocycles. The fourth-order valence-corrected chi connectivity index (χ4v) is 5.80. The number of aryl methyl sites for hydroxylation is 3. The maximum absolute atomic E-state index is 13.0. The molecule has 1 aliphatic rings. The van der Waals surface area contributed by atoms with Crippen LogP contribution in [0, 0.1) is 20.8 Å². The van der Waals surface area contributed by atoms with Crippen molar-refractivity contribution < 1.29 is 18.0 Å². The van der Waals surface area contributed by atoms with Crippen LogP contribution in [0.15, 0.2) is 28.5 Å². The second-order valence-corrected chi connectivity index (χ2v) is 10.5. The predicted octanol–water partition coefficient (Wildman–Crippen LogP) is 0.765. The van der Waals surface area contributed by atoms with Crippen LogP contribution >= 0.6 is 11.3 Å². The van der Waals surface area contributed by atoms with E-state index in [4.69, 9.17) is 0 Å². The van der Waals surface area contributed by atoms with Crippen LogP contribution in [0.2, 0.25) is 0 Å². The second kappa shape index (κ2) is 9.86. The summed E-state index contributed by atoms with van der Waals surface area (Å²) in [5.74, 6) is -0.693. The van der Waals surface area contributed by atoms with Gasteiger partial charge in [0.25, 0.3) is 5.91 Å². The third-order valence-corrected chi connectivity index (χ3v) is 7.99. The summed E-state index contributed by atoms with van der Waals surface area (Å²) in [5.41, 5.74) is 7.39. The smallest absolute Gasteiger partial charge is 0.252 e. The van der Waals surface area contributed by atoms with Gasteiger partial charge in [-0.1, -0.05) is 17.7 Å². The van der Waals surface area contributed by atoms with Crippen molar-refractivity contribution in [3.63, 3.8) is 0 Å². The Hall–Kier alpha value is -2.34. The number of carbonyl (C=O) groups excluding carboxylic acids is 2. The highest BCUT2D eigenvalue weighted by molar-refractivity contribution is 7.89. The number of nitrogens with one attached hydrogen (secondary N) is 2. The standard InChI is InChI=1S/C20H27N5O4S2/c1-14-4-5-17(15(2)10-14)31(28,29)25-8-6-24(7-9-25)12-19(27)23-22-18(26)11-20-21-16(3)13-30-20/h4-5,10,13H,6-9,11-12H2,1-3H3,(H,22,26)(H,23,27). The lowest BCUT2D eigenvalue weighted by atomic mass is 10.2. The molecule has 2 heterocycles. The van der Waals surface area contributed by atoms with E-state index in [-0.39, 0.29) is 24.8 Å². The normalized spacial score (nSPS) is 15.6. The Morgan fingerprint density at radius 1 is 1.06 bits per heavy atom. The number of aromatic nitrogens is 1. The Kier molecular flexibility index (Phi) is 7.42. The zero-order chi connectivity index (χ0) is 22.6. The lowest BCUT2D eigenvalue weighted by molar-refractivity contribution is -0.129. The molecule has 0 radical (unpaired) electrons. The van der Waals surface area contributed by atoms with Crippen molar-refractivity contribution in [2.75, 3.05) is 32.7 Å². The second-order valence-electron chi connectivity index (χ2n) is 7.60. The van der Waals surface area contributed by atoms with Crippen LogP contribution in [0.1, 0.15) is 21.8 Å². The number of thiazole rings is 1. The van der Waals surface area contributed by atoms with Crippen molar-refractivity contribution in [2.24, 2.45) is 0 Å². The predicted molar refractivity (Wildman–Crippen MR) is 118 cm³/mol. The molecule has 1 aromatic heterocycles. The first-order valence-corrected chi connectivity index (χ1v) is 12.3. The number of benzene rings is 1. The number of rotatable bonds is 6. The van der Waals surface area contributed by atoms with Gasteiger partial charge in [0.1, 0.15) is 5.01 Å². The number of hydrazine groups is 1. The van der Waals surface area contributed by atoms with Gasteiger partial charge in [-0.2, -0.15) is 4.31 Å². The third-order valence-electron chi connectivity index (χ3n) is 4.97. The SMILES string of the molecule is Cc1ccc(S(=O)(=O)N2CCN(CC(=O)NNC(=O)Cc3nc(C)cs3)CC2)c(C)c1. The zero-order valence-corrected chi connectivity index (χ0v) is 19.5. The van der Waals surface area contributed by atoms with Gasteiger partial charge in [-0.3, -0.25) is 25.3 Å². The first kappa shape index (κ1) is 23.3. The van der Waals surface area contributed by atoms with Crippen molar-refractivity contribution in [2.45, 2.75) is 32.1 Å². The van der Waals surface area contributed by atoms with Gasteiger partial charge in [-0.15, -0.1) is 11.3 Å². The van der Waals surface area contributed by atoms with E-state index in [1.807, 2.05) is 30.2 Å². The minimum atomic E-state index is -3.57. The molecular weight excluding hydrogens is 438 g/mol. The Labute approximate surface area is 186 Å². The number of carbonyl (C=O) groups is 2. The summed E-state index contributed by atoms with van der Waals surface area (Å²) in [6, 6.07) is 5.30. The molecule has 2 amide bonds. The molecule has 11 heteroatoms. The van der Waals surface area contributed by atoms with Crippen LogP contribution in [0.4, 0.5) is 0 Å². The molecule has 0 saturated carbocycles. The molecule has 0 spiro atoms. The van der Waals surface area contributed by atoms with Gasteiger partial charge in [-0.25, -0.2) is 13.4 Å². The zero-order valence-electron chi connectivity index (χ0n) is 17.8. The molecule has 0 atom stereocenters. The maximum Gasteiger partial charge on any atom is 0.252 e. The van der Waals surface area contributed by atoms with Crippen molar-refractivity contribution in [3.8, 4) is 0 Å². The average molecular weight is 466 g/mol. The van der Waals surface area contributed by atoms with Gasteiger partial charge in [0, 0.05) is 37.3 Å². The minimum Gasteiger partial charge on any atom is -0.292 e. The molecule has 0 unspecified atom stereocenters. The van der Waals surface area contributed by atoms with E-state index in [9.17, 15) is 18.0 Å². The molecule has 2 aromatic rings. The fourth-order valence-electron chi connectivity index (χ4n) is 3.40. The van der Waals surface area contributed by atoms with E-state index in [0.717, 1.165) is 16.8 Å². The van der Waals surface area contributed by atoms with E-state index in [1.165, 1.54) is 15.6 Å². The van der Waals surface area contributed by atoms with Crippen LogP contribution in [-0.4, -0.2) is 67.1 Å². The molecule has 1 aromatic carbocycles. The van der Waals surface area contributed by atoms with Crippen LogP contribution in [0.5, 0.6) is 0 Å². The van der Waals surface area contributed by atoms with Crippen LogP contribution in [-0.2, 0) is 26.0 Å². The number of sulfonamides is 1. The molecular formula is C20H27N5O4S2. The van der Waals surface area contributed by atoms with Crippen molar-refractivity contribution in [1.82, 2.24) is 25.0 Å². The van der Waals surface area contributed by atoms with Crippen LogP contribution < -0.4 is 10.9 Å². The Balaban J connectivity index is 1.45. The van der Waals surface area contributed by atoms with Crippen molar-refractivity contribution in [3.05, 3.63) is 45.4 Å². The fraction of sp³-hybridized carbons (Fsp3) is 0.450. The van der Waals surface area contributed by atoms with E-state index >= 15 is 0 Å². The van der Waals surface area contributed by atoms with Crippen molar-refractivity contribution >= 4 is 33.2 Å². The summed E-state index contributed by atoms with van der Waals surface area (Å²) >= 11 is 1.40. The molecule has 31 heavy (non-hydrogen) atoms. The Bertz CT molecular complexity index is 1060. The van der Waals surface area contributed by atoms with Crippen molar-refractivity contribution in [1.29, 1.82) is 0 Å². The molecule has 0 bridgehead atoms. The summed E-state index contributed by atoms with van der Waals surface area (Å²) in [7, 11) is -3.57. The lowest BCUT2D eigenvalue weighted by Crippen LogP contribution is -2.53. The number of piperazine rings is 1. The summed E-state index contributed by atoms with van der Waals surface area (Å²) in [6.07, 6.45) is 0.105. The average Bonchev–Trinajstić information content (AvgIpc) is 3.11. The van der Waals surface area contributed by atoms with E-state index < -0.39 is 10.0 Å². The topological polar surface area (TPSA) is 112 Å². The molecule has 2 N–H and O–H groups in total. The highest BCUT2D eigenvalue weighted by Gasteiger charge is 2.30. The van der Waals surface area contributed by atoms with E-state index in [0.29, 0.717) is 36.1 Å². The molecule has 1 fully saturated rings. The lowest BCUT2D eigenvalue weighted by Gasteiger charge is -2.33. The largest absolute Gasteiger partial charge is 0.292 e. The maximum atomic E-state index is 13.0. The third kappa shape index (κ3) is 6.10. The van der Waals surface area contributed by atoms with Gasteiger partial charge in [0.05, 0.1) is 17.9 Å². The quantitative estimate of drug-likeness (QED) is 0.610. The van der Waals surface area contributed by atoms with Crippen LogP contribution in [0.25, 0.3) is 0 Å². The number of hydrogen-bond acceptors (Lipinski definition) is 7. The van der Waals surface area contributed by atoms with Gasteiger partial charge in [0.15, 0.2) is 0 Å².